The summed E-state index contributed by atoms with van der Waals surface area (Å²) in [7, 11) is 2.96. The highest BCUT2D eigenvalue weighted by Crippen LogP contribution is 2.28. The Kier molecular flexibility index (Phi) is 10.2. The van der Waals surface area contributed by atoms with Crippen molar-refractivity contribution in [2.24, 2.45) is 7.05 Å². The third-order valence-corrected chi connectivity index (χ3v) is 8.56. The number of aliphatic hydroxyl groups is 1. The maximum atomic E-state index is 15.6. The van der Waals surface area contributed by atoms with Crippen LogP contribution in [-0.2, 0) is 13.6 Å². The first kappa shape index (κ1) is 34.8. The van der Waals surface area contributed by atoms with Crippen LogP contribution in [0.5, 0.6) is 5.75 Å². The molecule has 0 bridgehead atoms. The molecule has 0 radical (unpaired) electrons. The van der Waals surface area contributed by atoms with E-state index < -0.39 is 28.7 Å². The van der Waals surface area contributed by atoms with Gasteiger partial charge < -0.3 is 20.1 Å². The van der Waals surface area contributed by atoms with Crippen molar-refractivity contribution < 1.29 is 19.0 Å². The van der Waals surface area contributed by atoms with E-state index in [1.54, 1.807) is 73.3 Å². The van der Waals surface area contributed by atoms with Gasteiger partial charge in [-0.2, -0.15) is 0 Å². The lowest BCUT2D eigenvalue weighted by atomic mass is 10.1. The smallest absolute Gasteiger partial charge is 0.337 e. The number of ether oxygens (including phenoxy) is 1. The van der Waals surface area contributed by atoms with Gasteiger partial charge >= 0.3 is 5.69 Å². The number of amides is 1. The van der Waals surface area contributed by atoms with Gasteiger partial charge in [0.1, 0.15) is 22.6 Å². The number of fused-ring (bicyclic) bond motifs is 1. The van der Waals surface area contributed by atoms with Crippen molar-refractivity contribution in [3.05, 3.63) is 126 Å². The van der Waals surface area contributed by atoms with E-state index in [9.17, 15) is 24.3 Å². The number of β-amino-alcohol motifs (C(OH)–C–C–N with tert-alkyl or cyclic N) is 1. The third kappa shape index (κ3) is 6.64. The minimum absolute atomic E-state index is 0.0166. The van der Waals surface area contributed by atoms with Crippen molar-refractivity contribution in [3.63, 3.8) is 0 Å². The van der Waals surface area contributed by atoms with Crippen molar-refractivity contribution in [3.8, 4) is 11.4 Å². The van der Waals surface area contributed by atoms with Gasteiger partial charge in [-0.25, -0.2) is 13.8 Å². The number of carbonyl (C=O) groups excluding carboxylic acids is 1. The third-order valence-electron chi connectivity index (χ3n) is 8.56. The molecule has 1 aliphatic rings. The molecule has 1 atom stereocenters. The fourth-order valence-corrected chi connectivity index (χ4v) is 6.02. The molecule has 5 aromatic rings. The Morgan fingerprint density at radius 3 is 2.35 bits per heavy atom. The van der Waals surface area contributed by atoms with Crippen LogP contribution in [0, 0.1) is 19.7 Å². The number of pyridine rings is 1. The minimum Gasteiger partial charge on any atom is -0.497 e. The van der Waals surface area contributed by atoms with E-state index in [1.165, 1.54) is 30.9 Å². The Labute approximate surface area is 282 Å². The van der Waals surface area contributed by atoms with Crippen LogP contribution >= 0.6 is 0 Å². The molecule has 1 saturated heterocycles. The highest BCUT2D eigenvalue weighted by atomic mass is 19.1. The average molecular weight is 670 g/mol. The number of carbonyl (C=O) groups is 1. The van der Waals surface area contributed by atoms with E-state index in [0.29, 0.717) is 41.1 Å². The molecular formula is C37H40FN5O6. The Hall–Kier alpha value is -5.49. The van der Waals surface area contributed by atoms with E-state index >= 15 is 4.39 Å². The van der Waals surface area contributed by atoms with E-state index in [2.05, 4.69) is 5.32 Å². The number of aliphatic hydroxyl groups excluding tert-OH is 1. The number of benzene rings is 3. The van der Waals surface area contributed by atoms with Crippen LogP contribution < -0.4 is 26.9 Å². The van der Waals surface area contributed by atoms with Gasteiger partial charge in [-0.15, -0.1) is 0 Å². The highest BCUT2D eigenvalue weighted by Gasteiger charge is 2.27. The molecule has 1 amide bonds. The molecule has 0 spiro atoms. The summed E-state index contributed by atoms with van der Waals surface area (Å²) in [5.74, 6) is -0.373. The fraction of sp³-hybridized carbons (Fsp3) is 0.297. The second-order valence-corrected chi connectivity index (χ2v) is 11.8. The first-order chi connectivity index (χ1) is 23.5. The lowest BCUT2D eigenvalue weighted by Crippen LogP contribution is -2.42. The topological polar surface area (TPSA) is 128 Å². The lowest BCUT2D eigenvalue weighted by molar-refractivity contribution is 0.0765. The summed E-state index contributed by atoms with van der Waals surface area (Å²) in [6, 6.07) is 17.8. The molecule has 1 fully saturated rings. The quantitative estimate of drug-likeness (QED) is 0.259. The van der Waals surface area contributed by atoms with E-state index in [0.717, 1.165) is 9.13 Å². The van der Waals surface area contributed by atoms with Crippen LogP contribution in [0.2, 0.25) is 0 Å². The van der Waals surface area contributed by atoms with Gasteiger partial charge in [-0.1, -0.05) is 38.1 Å². The van der Waals surface area contributed by atoms with Gasteiger partial charge in [-0.3, -0.25) is 23.5 Å². The van der Waals surface area contributed by atoms with Crippen molar-refractivity contribution in [2.45, 2.75) is 46.8 Å². The van der Waals surface area contributed by atoms with Crippen molar-refractivity contribution in [2.75, 3.05) is 25.5 Å². The van der Waals surface area contributed by atoms with Crippen LogP contribution in [-0.4, -0.2) is 55.9 Å². The number of nitrogens with one attached hydrogen (secondary N) is 1. The largest absolute Gasteiger partial charge is 0.497 e. The first-order valence-corrected chi connectivity index (χ1v) is 16.1. The van der Waals surface area contributed by atoms with Gasteiger partial charge in [0.15, 0.2) is 0 Å². The van der Waals surface area contributed by atoms with Crippen LogP contribution in [0.25, 0.3) is 16.7 Å². The predicted octanol–water partition coefficient (Wildman–Crippen LogP) is 4.64. The maximum Gasteiger partial charge on any atom is 0.337 e. The number of nitrogens with zero attached hydrogens (tertiary/aromatic N) is 4. The summed E-state index contributed by atoms with van der Waals surface area (Å²) in [5.41, 5.74) is 0.0702. The summed E-state index contributed by atoms with van der Waals surface area (Å²) < 4.78 is 24.1. The van der Waals surface area contributed by atoms with E-state index in [1.807, 2.05) is 13.8 Å². The number of anilines is 2. The summed E-state index contributed by atoms with van der Waals surface area (Å²) >= 11 is 0. The van der Waals surface area contributed by atoms with Gasteiger partial charge in [-0.05, 0) is 73.9 Å². The number of hydrogen-bond donors (Lipinski definition) is 2. The fourth-order valence-electron chi connectivity index (χ4n) is 6.02. The Bertz CT molecular complexity index is 2220. The molecule has 3 aromatic carbocycles. The zero-order chi connectivity index (χ0) is 35.6. The summed E-state index contributed by atoms with van der Waals surface area (Å²) in [6.07, 6.45) is -0.0836. The number of aryl methyl sites for hydroxylation is 2. The Morgan fingerprint density at radius 1 is 1.00 bits per heavy atom. The Balaban J connectivity index is 0.00000230. The zero-order valence-electron chi connectivity index (χ0n) is 28.4. The molecule has 3 heterocycles. The first-order valence-electron chi connectivity index (χ1n) is 16.1. The SMILES string of the molecule is CC.COc1ccc(Cn2c(=O)c3c(Nc4cccc(C(=O)N5CCC(O)C5)c4)c(C)c(=O)n(C)c3n(-c3ccc(C)cc3F)c2=O)cc1. The molecule has 1 unspecified atom stereocenters. The maximum absolute atomic E-state index is 15.6. The molecule has 49 heavy (non-hydrogen) atoms. The Morgan fingerprint density at radius 2 is 1.71 bits per heavy atom. The highest BCUT2D eigenvalue weighted by molar-refractivity contribution is 5.97. The minimum atomic E-state index is -0.828. The zero-order valence-corrected chi connectivity index (χ0v) is 28.4. The number of methoxy groups -OCH3 is 1. The van der Waals surface area contributed by atoms with Crippen molar-refractivity contribution >= 4 is 28.3 Å². The van der Waals surface area contributed by atoms with Crippen molar-refractivity contribution in [1.82, 2.24) is 18.6 Å². The number of likely N-dealkylation sites (tertiary alicyclic amines) is 1. The molecule has 1 aliphatic heterocycles. The lowest BCUT2D eigenvalue weighted by Gasteiger charge is -2.21. The molecule has 2 aromatic heterocycles. The van der Waals surface area contributed by atoms with Crippen LogP contribution in [0.4, 0.5) is 15.8 Å². The molecule has 0 saturated carbocycles. The molecular weight excluding hydrogens is 629 g/mol. The average Bonchev–Trinajstić information content (AvgIpc) is 3.55. The normalized spacial score (nSPS) is 14.0. The number of halogens is 1. The number of hydrogen-bond acceptors (Lipinski definition) is 7. The summed E-state index contributed by atoms with van der Waals surface area (Å²) in [5, 5.41) is 13.1. The molecule has 0 aliphatic carbocycles. The summed E-state index contributed by atoms with van der Waals surface area (Å²) in [4.78, 5) is 57.0. The van der Waals surface area contributed by atoms with Crippen LogP contribution in [0.3, 0.4) is 0 Å². The molecule has 256 valence electrons. The monoisotopic (exact) mass is 669 g/mol. The predicted molar refractivity (Wildman–Crippen MR) is 188 cm³/mol. The molecule has 6 rings (SSSR count). The van der Waals surface area contributed by atoms with Gasteiger partial charge in [0, 0.05) is 37.0 Å². The van der Waals surface area contributed by atoms with Gasteiger partial charge in [0.25, 0.3) is 17.0 Å². The van der Waals surface area contributed by atoms with Crippen molar-refractivity contribution in [1.29, 1.82) is 0 Å². The second-order valence-electron chi connectivity index (χ2n) is 11.8. The van der Waals surface area contributed by atoms with Crippen LogP contribution in [0.1, 0.15) is 47.3 Å². The van der Waals surface area contributed by atoms with E-state index in [4.69, 9.17) is 4.74 Å². The molecule has 12 heteroatoms. The molecule has 2 N–H and O–H groups in total. The molecule has 11 nitrogen and oxygen atoms in total. The number of rotatable bonds is 7. The summed E-state index contributed by atoms with van der Waals surface area (Å²) in [6.45, 7) is 7.79. The standard InChI is InChI=1S/C35H34FN5O6.C2H6/c1-20-8-13-28(27(36)16-20)41-31-29(34(45)40(35(41)46)18-22-9-11-26(47-4)12-10-22)30(21(2)32(43)38(31)3)37-24-7-5-6-23(17-24)33(44)39-15-14-25(42)19-39;1-2/h5-13,16-17,25,37,42H,14-15,18-19H2,1-4H3;1-2H3. The van der Waals surface area contributed by atoms with Crippen LogP contribution in [0.15, 0.2) is 81.1 Å². The van der Waals surface area contributed by atoms with Gasteiger partial charge in [0.05, 0.1) is 31.1 Å². The second kappa shape index (κ2) is 14.3. The number of aromatic nitrogens is 3. The van der Waals surface area contributed by atoms with Gasteiger partial charge in [0.2, 0.25) is 0 Å². The van der Waals surface area contributed by atoms with E-state index in [-0.39, 0.29) is 47.0 Å².